The number of amides is 9. The Morgan fingerprint density at radius 2 is 1.04 bits per heavy atom. The minimum absolute atomic E-state index is 0.0228. The van der Waals surface area contributed by atoms with E-state index in [4.69, 9.17) is 11.5 Å². The molecule has 0 radical (unpaired) electrons. The quantitative estimate of drug-likeness (QED) is 0.0373. The van der Waals surface area contributed by atoms with Gasteiger partial charge in [-0.15, -0.1) is 0 Å². The van der Waals surface area contributed by atoms with Crippen molar-refractivity contribution in [3.63, 3.8) is 0 Å². The number of aliphatic hydroxyl groups is 2. The van der Waals surface area contributed by atoms with Crippen molar-refractivity contribution in [2.75, 3.05) is 19.8 Å². The van der Waals surface area contributed by atoms with Gasteiger partial charge in [0.2, 0.25) is 53.2 Å². The fraction of sp³-hybridized carbons (Fsp3) is 0.521. The van der Waals surface area contributed by atoms with Gasteiger partial charge in [-0.05, 0) is 42.2 Å². The molecule has 1 heterocycles. The van der Waals surface area contributed by atoms with Crippen LogP contribution in [0.25, 0.3) is 0 Å². The summed E-state index contributed by atoms with van der Waals surface area (Å²) in [5.74, 6) is -12.6. The van der Waals surface area contributed by atoms with Crippen molar-refractivity contribution >= 4 is 65.1 Å². The Hall–Kier alpha value is -7.51. The molecule has 9 amide bonds. The molecule has 0 spiro atoms. The molecule has 1 aliphatic heterocycles. The average Bonchev–Trinajstić information content (AvgIpc) is 3.84. The van der Waals surface area contributed by atoms with Gasteiger partial charge in [0, 0.05) is 25.8 Å². The molecule has 0 bridgehead atoms. The van der Waals surface area contributed by atoms with E-state index in [9.17, 15) is 73.2 Å². The van der Waals surface area contributed by atoms with Gasteiger partial charge >= 0.3 is 11.9 Å². The normalized spacial score (nSPS) is 16.5. The Balaban J connectivity index is 1.86. The predicted octanol–water partition coefficient (Wildman–Crippen LogP) is -3.69. The number of benzene rings is 2. The molecule has 2 aromatic carbocycles. The maximum Gasteiger partial charge on any atom is 0.326 e. The zero-order valence-electron chi connectivity index (χ0n) is 41.1. The van der Waals surface area contributed by atoms with Gasteiger partial charge in [-0.1, -0.05) is 88.4 Å². The zero-order valence-corrected chi connectivity index (χ0v) is 41.1. The van der Waals surface area contributed by atoms with Gasteiger partial charge in [0.25, 0.3) is 0 Å². The number of hydrogen-bond acceptors (Lipinski definition) is 14. The third kappa shape index (κ3) is 18.9. The molecule has 0 aliphatic carbocycles. The lowest BCUT2D eigenvalue weighted by molar-refractivity contribution is -0.144. The van der Waals surface area contributed by atoms with Crippen molar-refractivity contribution < 1.29 is 73.2 Å². The van der Waals surface area contributed by atoms with Gasteiger partial charge in [0.1, 0.15) is 54.4 Å². The lowest BCUT2D eigenvalue weighted by atomic mass is 10.00. The molecule has 1 aliphatic rings. The molecule has 3 rings (SSSR count). The van der Waals surface area contributed by atoms with Gasteiger partial charge in [-0.3, -0.25) is 47.9 Å². The molecule has 25 heteroatoms. The van der Waals surface area contributed by atoms with Gasteiger partial charge in [-0.2, -0.15) is 0 Å². The fourth-order valence-electron chi connectivity index (χ4n) is 7.71. The van der Waals surface area contributed by atoms with E-state index in [0.29, 0.717) is 17.5 Å². The highest BCUT2D eigenvalue weighted by Gasteiger charge is 2.41. The number of likely N-dealkylation sites (tertiary alicyclic amines) is 1. The van der Waals surface area contributed by atoms with Crippen molar-refractivity contribution in [1.29, 1.82) is 0 Å². The van der Waals surface area contributed by atoms with Crippen LogP contribution in [0.3, 0.4) is 0 Å². The molecule has 0 saturated carbocycles. The Kier molecular flexibility index (Phi) is 23.9. The lowest BCUT2D eigenvalue weighted by Gasteiger charge is -2.32. The summed E-state index contributed by atoms with van der Waals surface area (Å²) < 4.78 is 0. The van der Waals surface area contributed by atoms with Crippen LogP contribution in [0.5, 0.6) is 0 Å². The number of aliphatic hydroxyl groups excluding tert-OH is 2. The number of aliphatic carboxylic acids is 2. The van der Waals surface area contributed by atoms with Gasteiger partial charge < -0.3 is 74.0 Å². The summed E-state index contributed by atoms with van der Waals surface area (Å²) >= 11 is 0. The maximum absolute atomic E-state index is 14.4. The van der Waals surface area contributed by atoms with Crippen molar-refractivity contribution in [2.24, 2.45) is 23.3 Å². The summed E-state index contributed by atoms with van der Waals surface area (Å²) in [6.45, 7) is 4.59. The lowest BCUT2D eigenvalue weighted by Crippen LogP contribution is -2.61. The highest BCUT2D eigenvalue weighted by atomic mass is 16.4. The van der Waals surface area contributed by atoms with Crippen molar-refractivity contribution in [3.8, 4) is 0 Å². The monoisotopic (exact) mass is 1020 g/mol. The predicted molar refractivity (Wildman–Crippen MR) is 259 cm³/mol. The van der Waals surface area contributed by atoms with E-state index in [2.05, 4.69) is 37.2 Å². The standard InChI is InChI=1S/C48H68N10O15/c1-25(2)38(47(71)58-19-11-16-35(58)46(70)54-32(21-28-14-9-6-10-15-28)43(67)55-34(24-60)45(69)57-39(26(3)4)48(72)73)56-41(65)30(17-18-36(50)61)51-44(68)33(22-37(62)63)53-42(66)31(52-40(64)29(49)23-59)20-27-12-7-5-8-13-27/h5-10,12-15,25-26,29-35,38-39,59-60H,11,16-24,49H2,1-4H3,(H2,50,61)(H,51,68)(H,52,64)(H,53,66)(H,54,70)(H,55,67)(H,56,65)(H,57,69)(H,62,63)(H,72,73). The van der Waals surface area contributed by atoms with Gasteiger partial charge in [0.15, 0.2) is 0 Å². The number of hydrogen-bond donors (Lipinski definition) is 13. The summed E-state index contributed by atoms with van der Waals surface area (Å²) in [7, 11) is 0. The molecule has 0 aromatic heterocycles. The van der Waals surface area contributed by atoms with Crippen molar-refractivity contribution in [1.82, 2.24) is 42.1 Å². The number of carboxylic acids is 2. The number of carboxylic acid groups (broad SMARTS) is 2. The van der Waals surface area contributed by atoms with Crippen LogP contribution in [0.15, 0.2) is 60.7 Å². The van der Waals surface area contributed by atoms with Gasteiger partial charge in [-0.25, -0.2) is 4.79 Å². The molecule has 1 saturated heterocycles. The van der Waals surface area contributed by atoms with E-state index >= 15 is 0 Å². The number of nitrogens with zero attached hydrogens (tertiary/aromatic N) is 1. The number of nitrogens with two attached hydrogens (primary N) is 2. The van der Waals surface area contributed by atoms with Crippen LogP contribution in [0.1, 0.15) is 70.9 Å². The molecule has 9 unspecified atom stereocenters. The first-order valence-corrected chi connectivity index (χ1v) is 23.7. The van der Waals surface area contributed by atoms with Crippen LogP contribution in [0, 0.1) is 11.8 Å². The minimum atomic E-state index is -1.88. The van der Waals surface area contributed by atoms with Crippen LogP contribution in [0.2, 0.25) is 0 Å². The second-order valence-corrected chi connectivity index (χ2v) is 18.2. The smallest absolute Gasteiger partial charge is 0.326 e. The molecular weight excluding hydrogens is 957 g/mol. The van der Waals surface area contributed by atoms with Crippen molar-refractivity contribution in [2.45, 2.75) is 127 Å². The summed E-state index contributed by atoms with van der Waals surface area (Å²) in [5, 5.41) is 55.7. The molecule has 400 valence electrons. The summed E-state index contributed by atoms with van der Waals surface area (Å²) in [5.41, 5.74) is 12.1. The first-order chi connectivity index (χ1) is 34.5. The Bertz CT molecular complexity index is 2270. The Morgan fingerprint density at radius 3 is 1.52 bits per heavy atom. The van der Waals surface area contributed by atoms with E-state index in [1.165, 1.54) is 4.90 Å². The molecule has 73 heavy (non-hydrogen) atoms. The topological polar surface area (TPSA) is 408 Å². The fourth-order valence-corrected chi connectivity index (χ4v) is 7.71. The van der Waals surface area contributed by atoms with Crippen LogP contribution in [-0.2, 0) is 65.6 Å². The molecule has 9 atom stereocenters. The van der Waals surface area contributed by atoms with Crippen molar-refractivity contribution in [3.05, 3.63) is 71.8 Å². The maximum atomic E-state index is 14.4. The minimum Gasteiger partial charge on any atom is -0.481 e. The van der Waals surface area contributed by atoms with E-state index < -0.39 is 164 Å². The second kappa shape index (κ2) is 29.1. The van der Waals surface area contributed by atoms with E-state index in [1.807, 2.05) is 0 Å². The van der Waals surface area contributed by atoms with Crippen LogP contribution in [-0.4, -0.2) is 165 Å². The first kappa shape index (κ1) is 59.8. The van der Waals surface area contributed by atoms with Crippen LogP contribution < -0.4 is 48.7 Å². The van der Waals surface area contributed by atoms with E-state index in [0.717, 1.165) is 0 Å². The SMILES string of the molecule is CC(C)C(NC(=O)C(CO)NC(=O)C(Cc1ccccc1)NC(=O)C1CCCN1C(=O)C(NC(=O)C(CCC(N)=O)NC(=O)C(CC(=O)O)NC(=O)C(Cc1ccccc1)NC(=O)C(N)CO)C(C)C)C(=O)O. The number of carbonyl (C=O) groups is 11. The van der Waals surface area contributed by atoms with Crippen LogP contribution in [0.4, 0.5) is 0 Å². The highest BCUT2D eigenvalue weighted by molar-refractivity contribution is 5.99. The first-order valence-electron chi connectivity index (χ1n) is 23.7. The molecule has 25 nitrogen and oxygen atoms in total. The number of rotatable bonds is 29. The summed E-state index contributed by atoms with van der Waals surface area (Å²) in [6.07, 6.45) is -1.82. The molecule has 1 fully saturated rings. The van der Waals surface area contributed by atoms with Crippen LogP contribution >= 0.6 is 0 Å². The number of nitrogens with one attached hydrogen (secondary N) is 7. The highest BCUT2D eigenvalue weighted by Crippen LogP contribution is 2.22. The van der Waals surface area contributed by atoms with E-state index in [-0.39, 0.29) is 25.8 Å². The summed E-state index contributed by atoms with van der Waals surface area (Å²) in [4.78, 5) is 147. The van der Waals surface area contributed by atoms with Gasteiger partial charge in [0.05, 0.1) is 19.6 Å². The number of primary amides is 1. The average molecular weight is 1030 g/mol. The largest absolute Gasteiger partial charge is 0.481 e. The molecular formula is C48H68N10O15. The zero-order chi connectivity index (χ0) is 54.5. The third-order valence-corrected chi connectivity index (χ3v) is 11.8. The third-order valence-electron chi connectivity index (χ3n) is 11.8. The second-order valence-electron chi connectivity index (χ2n) is 18.2. The molecule has 2 aromatic rings. The number of carbonyl (C=O) groups excluding carboxylic acids is 9. The Morgan fingerprint density at radius 1 is 0.589 bits per heavy atom. The summed E-state index contributed by atoms with van der Waals surface area (Å²) in [6, 6.07) is 3.39. The van der Waals surface area contributed by atoms with E-state index in [1.54, 1.807) is 88.4 Å². The Labute approximate surface area is 421 Å². The molecule has 15 N–H and O–H groups in total.